The predicted octanol–water partition coefficient (Wildman–Crippen LogP) is 2.61. The van der Waals surface area contributed by atoms with Crippen LogP contribution in [-0.4, -0.2) is 26.0 Å². The Labute approximate surface area is 101 Å². The van der Waals surface area contributed by atoms with E-state index in [-0.39, 0.29) is 0 Å². The van der Waals surface area contributed by atoms with E-state index in [1.54, 1.807) is 6.21 Å². The van der Waals surface area contributed by atoms with Gasteiger partial charge < -0.3 is 14.3 Å². The summed E-state index contributed by atoms with van der Waals surface area (Å²) < 4.78 is 10.9. The average Bonchev–Trinajstić information content (AvgIpc) is 2.38. The summed E-state index contributed by atoms with van der Waals surface area (Å²) in [6.07, 6.45) is 3.83. The van der Waals surface area contributed by atoms with Crippen LogP contribution in [-0.2, 0) is 4.84 Å². The molecule has 0 unspecified atom stereocenters. The molecule has 0 N–H and O–H groups in total. The number of hydrogen-bond acceptors (Lipinski definition) is 4. The van der Waals surface area contributed by atoms with Gasteiger partial charge in [0.1, 0.15) is 19.8 Å². The van der Waals surface area contributed by atoms with E-state index in [9.17, 15) is 0 Å². The third kappa shape index (κ3) is 3.37. The quantitative estimate of drug-likeness (QED) is 0.447. The lowest BCUT2D eigenvalue weighted by Gasteiger charge is -2.18. The Morgan fingerprint density at radius 3 is 2.94 bits per heavy atom. The molecule has 0 radical (unpaired) electrons. The molecule has 4 heteroatoms. The monoisotopic (exact) mass is 235 g/mol. The molecular weight excluding hydrogens is 218 g/mol. The molecule has 0 bridgehead atoms. The summed E-state index contributed by atoms with van der Waals surface area (Å²) in [7, 11) is 0. The molecule has 1 aromatic rings. The highest BCUT2D eigenvalue weighted by atomic mass is 16.6. The fourth-order valence-corrected chi connectivity index (χ4v) is 1.50. The molecule has 1 heterocycles. The zero-order chi connectivity index (χ0) is 11.9. The van der Waals surface area contributed by atoms with E-state index in [1.807, 2.05) is 18.2 Å². The van der Waals surface area contributed by atoms with Gasteiger partial charge in [0.05, 0.1) is 6.21 Å². The Balaban J connectivity index is 1.92. The summed E-state index contributed by atoms with van der Waals surface area (Å²) >= 11 is 0. The Hall–Kier alpha value is -1.71. The highest BCUT2D eigenvalue weighted by molar-refractivity contribution is 5.80. The lowest BCUT2D eigenvalue weighted by Crippen LogP contribution is -2.15. The summed E-state index contributed by atoms with van der Waals surface area (Å²) in [5.41, 5.74) is 0.950. The summed E-state index contributed by atoms with van der Waals surface area (Å²) in [5, 5.41) is 3.91. The normalized spacial score (nSPS) is 13.9. The molecular formula is C13H17NO3. The first-order valence-electron chi connectivity index (χ1n) is 5.95. The van der Waals surface area contributed by atoms with Gasteiger partial charge in [0, 0.05) is 5.56 Å². The van der Waals surface area contributed by atoms with Crippen LogP contribution in [0.3, 0.4) is 0 Å². The molecule has 2 rings (SSSR count). The largest absolute Gasteiger partial charge is 0.486 e. The summed E-state index contributed by atoms with van der Waals surface area (Å²) in [4.78, 5) is 5.12. The smallest absolute Gasteiger partial charge is 0.162 e. The molecule has 0 spiro atoms. The minimum Gasteiger partial charge on any atom is -0.486 e. The minimum atomic E-state index is 0.598. The van der Waals surface area contributed by atoms with Gasteiger partial charge in [-0.25, -0.2) is 0 Å². The molecule has 0 amide bonds. The molecule has 1 aromatic carbocycles. The van der Waals surface area contributed by atoms with E-state index in [0.29, 0.717) is 19.8 Å². The Morgan fingerprint density at radius 2 is 2.12 bits per heavy atom. The van der Waals surface area contributed by atoms with Gasteiger partial charge in [-0.15, -0.1) is 0 Å². The summed E-state index contributed by atoms with van der Waals surface area (Å²) in [5.74, 6) is 1.56. The van der Waals surface area contributed by atoms with Crippen molar-refractivity contribution in [2.24, 2.45) is 5.16 Å². The van der Waals surface area contributed by atoms with E-state index >= 15 is 0 Å². The van der Waals surface area contributed by atoms with Crippen LogP contribution in [0.15, 0.2) is 23.4 Å². The minimum absolute atomic E-state index is 0.598. The lowest BCUT2D eigenvalue weighted by atomic mass is 10.2. The Morgan fingerprint density at radius 1 is 1.29 bits per heavy atom. The Kier molecular flexibility index (Phi) is 4.24. The second-order valence-corrected chi connectivity index (χ2v) is 3.82. The van der Waals surface area contributed by atoms with Crippen molar-refractivity contribution in [3.05, 3.63) is 23.8 Å². The van der Waals surface area contributed by atoms with E-state index in [0.717, 1.165) is 29.9 Å². The number of oxime groups is 1. The first-order chi connectivity index (χ1) is 8.40. The van der Waals surface area contributed by atoms with Crippen LogP contribution in [0, 0.1) is 0 Å². The number of nitrogens with zero attached hydrogens (tertiary/aromatic N) is 1. The SMILES string of the molecule is CCCCON=Cc1ccc2c(c1)OCCO2. The number of ether oxygens (including phenoxy) is 2. The lowest BCUT2D eigenvalue weighted by molar-refractivity contribution is 0.142. The summed E-state index contributed by atoms with van der Waals surface area (Å²) in [6.45, 7) is 3.99. The molecule has 17 heavy (non-hydrogen) atoms. The fraction of sp³-hybridized carbons (Fsp3) is 0.462. The van der Waals surface area contributed by atoms with E-state index in [1.165, 1.54) is 0 Å². The van der Waals surface area contributed by atoms with Crippen molar-refractivity contribution < 1.29 is 14.3 Å². The van der Waals surface area contributed by atoms with Crippen molar-refractivity contribution in [2.75, 3.05) is 19.8 Å². The maximum Gasteiger partial charge on any atom is 0.162 e. The summed E-state index contributed by atoms with van der Waals surface area (Å²) in [6, 6.07) is 5.73. The van der Waals surface area contributed by atoms with Gasteiger partial charge in [0.25, 0.3) is 0 Å². The zero-order valence-corrected chi connectivity index (χ0v) is 10.0. The van der Waals surface area contributed by atoms with Crippen LogP contribution in [0.5, 0.6) is 11.5 Å². The van der Waals surface area contributed by atoms with Gasteiger partial charge in [-0.05, 0) is 24.6 Å². The maximum atomic E-state index is 5.48. The number of hydrogen-bond donors (Lipinski definition) is 0. The molecule has 1 aliphatic heterocycles. The van der Waals surface area contributed by atoms with Crippen molar-refractivity contribution in [3.63, 3.8) is 0 Å². The average molecular weight is 235 g/mol. The molecule has 0 aliphatic carbocycles. The van der Waals surface area contributed by atoms with Crippen LogP contribution in [0.4, 0.5) is 0 Å². The van der Waals surface area contributed by atoms with Crippen LogP contribution in [0.25, 0.3) is 0 Å². The molecule has 0 saturated carbocycles. The van der Waals surface area contributed by atoms with Crippen molar-refractivity contribution in [1.82, 2.24) is 0 Å². The van der Waals surface area contributed by atoms with E-state index in [4.69, 9.17) is 14.3 Å². The van der Waals surface area contributed by atoms with Gasteiger partial charge in [-0.1, -0.05) is 18.5 Å². The molecule has 0 saturated heterocycles. The van der Waals surface area contributed by atoms with E-state index in [2.05, 4.69) is 12.1 Å². The van der Waals surface area contributed by atoms with Gasteiger partial charge >= 0.3 is 0 Å². The Bertz CT molecular complexity index is 390. The van der Waals surface area contributed by atoms with Crippen molar-refractivity contribution in [2.45, 2.75) is 19.8 Å². The van der Waals surface area contributed by atoms with Crippen LogP contribution in [0.2, 0.25) is 0 Å². The van der Waals surface area contributed by atoms with Crippen molar-refractivity contribution >= 4 is 6.21 Å². The van der Waals surface area contributed by atoms with Crippen molar-refractivity contribution in [3.8, 4) is 11.5 Å². The molecule has 92 valence electrons. The molecule has 4 nitrogen and oxygen atoms in total. The standard InChI is InChI=1S/C13H17NO3/c1-2-3-6-17-14-10-11-4-5-12-13(9-11)16-8-7-15-12/h4-5,9-10H,2-3,6-8H2,1H3. The first kappa shape index (κ1) is 11.8. The number of fused-ring (bicyclic) bond motifs is 1. The second-order valence-electron chi connectivity index (χ2n) is 3.82. The van der Waals surface area contributed by atoms with Gasteiger partial charge in [-0.3, -0.25) is 0 Å². The third-order valence-electron chi connectivity index (χ3n) is 2.43. The fourth-order valence-electron chi connectivity index (χ4n) is 1.50. The first-order valence-corrected chi connectivity index (χ1v) is 5.95. The van der Waals surface area contributed by atoms with Gasteiger partial charge in [0.15, 0.2) is 11.5 Å². The van der Waals surface area contributed by atoms with Crippen LogP contribution >= 0.6 is 0 Å². The molecule has 0 fully saturated rings. The highest BCUT2D eigenvalue weighted by Gasteiger charge is 2.10. The number of benzene rings is 1. The highest BCUT2D eigenvalue weighted by Crippen LogP contribution is 2.30. The predicted molar refractivity (Wildman–Crippen MR) is 65.9 cm³/mol. The molecule has 0 atom stereocenters. The van der Waals surface area contributed by atoms with Crippen molar-refractivity contribution in [1.29, 1.82) is 0 Å². The van der Waals surface area contributed by atoms with E-state index < -0.39 is 0 Å². The number of unbranched alkanes of at least 4 members (excludes halogenated alkanes) is 1. The number of rotatable bonds is 5. The van der Waals surface area contributed by atoms with Gasteiger partial charge in [-0.2, -0.15) is 0 Å². The molecule has 1 aliphatic rings. The molecule has 0 aromatic heterocycles. The van der Waals surface area contributed by atoms with Crippen LogP contribution in [0.1, 0.15) is 25.3 Å². The van der Waals surface area contributed by atoms with Gasteiger partial charge in [0.2, 0.25) is 0 Å². The third-order valence-corrected chi connectivity index (χ3v) is 2.43. The maximum absolute atomic E-state index is 5.48. The second kappa shape index (κ2) is 6.13. The van der Waals surface area contributed by atoms with Crippen LogP contribution < -0.4 is 9.47 Å². The zero-order valence-electron chi connectivity index (χ0n) is 10.0. The topological polar surface area (TPSA) is 40.0 Å².